The number of aliphatic carboxylic acids is 1. The molecule has 1 aliphatic rings. The Kier molecular flexibility index (Phi) is 7.90. The zero-order valence-electron chi connectivity index (χ0n) is 13.5. The topological polar surface area (TPSA) is 103 Å². The number of aromatic nitrogens is 2. The molecule has 2 atom stereocenters. The molecule has 2 N–H and O–H groups in total. The number of unbranched alkanes of at least 4 members (excludes halogenated alkanes) is 1. The molecule has 2 heterocycles. The fourth-order valence-electron chi connectivity index (χ4n) is 2.72. The molecule has 0 bridgehead atoms. The number of likely N-dealkylation sites (N-methyl/N-ethyl adjacent to an activating group) is 1. The Morgan fingerprint density at radius 2 is 2.22 bits per heavy atom. The number of nitrogens with zero attached hydrogens (tertiary/aromatic N) is 4. The molecule has 2 rings (SSSR count). The maximum absolute atomic E-state index is 10.8. The molecule has 0 radical (unpaired) electrons. The van der Waals surface area contributed by atoms with E-state index in [4.69, 9.17) is 9.63 Å². The average Bonchev–Trinajstić information content (AvgIpc) is 3.03. The Hall–Kier alpha value is -1.22. The van der Waals surface area contributed by atoms with Crippen molar-refractivity contribution in [2.24, 2.45) is 0 Å². The molecule has 23 heavy (non-hydrogen) atoms. The van der Waals surface area contributed by atoms with E-state index >= 15 is 0 Å². The molecule has 1 aromatic rings. The monoisotopic (exact) mass is 348 g/mol. The molecule has 0 amide bonds. The van der Waals surface area contributed by atoms with E-state index in [0.717, 1.165) is 25.1 Å². The van der Waals surface area contributed by atoms with Crippen molar-refractivity contribution in [3.05, 3.63) is 11.7 Å². The Bertz CT molecular complexity index is 499. The summed E-state index contributed by atoms with van der Waals surface area (Å²) in [5.41, 5.74) is 0. The average molecular weight is 349 g/mol. The van der Waals surface area contributed by atoms with Crippen LogP contribution in [0.25, 0.3) is 0 Å². The molecule has 1 saturated heterocycles. The van der Waals surface area contributed by atoms with Crippen LogP contribution in [0.1, 0.15) is 31.5 Å². The summed E-state index contributed by atoms with van der Waals surface area (Å²) in [6.07, 6.45) is 2.35. The lowest BCUT2D eigenvalue weighted by Crippen LogP contribution is -2.43. The summed E-state index contributed by atoms with van der Waals surface area (Å²) >= 11 is 0. The number of aliphatic hydroxyl groups excluding tert-OH is 1. The lowest BCUT2D eigenvalue weighted by molar-refractivity contribution is -0.138. The Balaban J connectivity index is 0.00000264. The van der Waals surface area contributed by atoms with Crippen LogP contribution in [0.3, 0.4) is 0 Å². The van der Waals surface area contributed by atoms with Crippen molar-refractivity contribution in [2.45, 2.75) is 44.9 Å². The van der Waals surface area contributed by atoms with Gasteiger partial charge in [0.2, 0.25) is 5.89 Å². The smallest absolute Gasteiger partial charge is 0.317 e. The first-order valence-corrected chi connectivity index (χ1v) is 7.63. The number of halogens is 1. The highest BCUT2D eigenvalue weighted by Crippen LogP contribution is 2.17. The van der Waals surface area contributed by atoms with E-state index < -0.39 is 12.1 Å². The number of carbonyl (C=O) groups is 1. The fourth-order valence-corrected chi connectivity index (χ4v) is 2.72. The minimum absolute atomic E-state index is 0. The van der Waals surface area contributed by atoms with E-state index in [0.29, 0.717) is 25.5 Å². The van der Waals surface area contributed by atoms with Gasteiger partial charge in [-0.2, -0.15) is 4.98 Å². The summed E-state index contributed by atoms with van der Waals surface area (Å²) in [6, 6.07) is -0.196. The number of rotatable bonds is 8. The minimum atomic E-state index is -0.898. The molecule has 1 aliphatic heterocycles. The molecule has 132 valence electrons. The second-order valence-electron chi connectivity index (χ2n) is 5.85. The van der Waals surface area contributed by atoms with Crippen LogP contribution in [0.15, 0.2) is 4.52 Å². The van der Waals surface area contributed by atoms with Gasteiger partial charge in [-0.3, -0.25) is 14.6 Å². The first-order valence-electron chi connectivity index (χ1n) is 7.63. The van der Waals surface area contributed by atoms with E-state index in [1.807, 2.05) is 4.90 Å². The maximum atomic E-state index is 10.8. The van der Waals surface area contributed by atoms with Gasteiger partial charge >= 0.3 is 5.97 Å². The zero-order valence-corrected chi connectivity index (χ0v) is 14.3. The molecule has 9 heteroatoms. The highest BCUT2D eigenvalue weighted by molar-refractivity contribution is 5.85. The first-order chi connectivity index (χ1) is 10.5. The normalized spacial score (nSPS) is 21.6. The van der Waals surface area contributed by atoms with Gasteiger partial charge in [0.05, 0.1) is 19.2 Å². The number of carboxylic acid groups (broad SMARTS) is 1. The Morgan fingerprint density at radius 1 is 1.48 bits per heavy atom. The predicted molar refractivity (Wildman–Crippen MR) is 85.5 cm³/mol. The lowest BCUT2D eigenvalue weighted by atomic mass is 10.2. The molecule has 1 aromatic heterocycles. The van der Waals surface area contributed by atoms with Crippen LogP contribution in [-0.4, -0.2) is 75.0 Å². The van der Waals surface area contributed by atoms with Gasteiger partial charge in [0.1, 0.15) is 0 Å². The van der Waals surface area contributed by atoms with Gasteiger partial charge in [0.25, 0.3) is 0 Å². The number of aryl methyl sites for hydroxylation is 1. The third-order valence-corrected chi connectivity index (χ3v) is 3.91. The zero-order chi connectivity index (χ0) is 16.1. The first kappa shape index (κ1) is 19.8. The lowest BCUT2D eigenvalue weighted by Gasteiger charge is -2.24. The molecular formula is C14H25ClN4O4. The summed E-state index contributed by atoms with van der Waals surface area (Å²) in [5.74, 6) is 0.363. The van der Waals surface area contributed by atoms with Crippen LogP contribution in [0, 0.1) is 0 Å². The molecule has 1 unspecified atom stereocenters. The van der Waals surface area contributed by atoms with Gasteiger partial charge in [-0.25, -0.2) is 0 Å². The van der Waals surface area contributed by atoms with Crippen molar-refractivity contribution < 1.29 is 19.5 Å². The number of aliphatic hydroxyl groups is 1. The van der Waals surface area contributed by atoms with Crippen molar-refractivity contribution >= 4 is 18.4 Å². The van der Waals surface area contributed by atoms with Crippen molar-refractivity contribution in [1.29, 1.82) is 0 Å². The molecule has 0 aliphatic carbocycles. The van der Waals surface area contributed by atoms with E-state index in [1.165, 1.54) is 0 Å². The van der Waals surface area contributed by atoms with Gasteiger partial charge in [-0.1, -0.05) is 18.5 Å². The molecular weight excluding hydrogens is 324 g/mol. The number of hydrogen-bond acceptors (Lipinski definition) is 7. The van der Waals surface area contributed by atoms with Crippen molar-refractivity contribution in [1.82, 2.24) is 19.9 Å². The standard InChI is InChI=1S/C14H24N4O4.ClH/c1-3-4-5-12-15-13(22-16-12)8-18-6-10(11(19)7-18)17(2)9-14(20)21;/h10-11,19H,3-9H2,1-2H3,(H,20,21);1H/t10?,11-;/m1./s1. The molecule has 0 spiro atoms. The molecule has 0 saturated carbocycles. The molecule has 0 aromatic carbocycles. The van der Waals surface area contributed by atoms with Gasteiger partial charge in [-0.05, 0) is 13.5 Å². The number of β-amino-alcohol motifs (C(OH)–C–C–N with tert-alkyl or cyclic N) is 1. The summed E-state index contributed by atoms with van der Waals surface area (Å²) in [4.78, 5) is 18.8. The summed E-state index contributed by atoms with van der Waals surface area (Å²) in [5, 5.41) is 22.9. The summed E-state index contributed by atoms with van der Waals surface area (Å²) < 4.78 is 5.23. The van der Waals surface area contributed by atoms with E-state index in [2.05, 4.69) is 17.1 Å². The Morgan fingerprint density at radius 3 is 2.87 bits per heavy atom. The minimum Gasteiger partial charge on any atom is -0.480 e. The predicted octanol–water partition coefficient (Wildman–Crippen LogP) is 0.395. The number of hydrogen-bond donors (Lipinski definition) is 2. The van der Waals surface area contributed by atoms with Crippen molar-refractivity contribution in [3.8, 4) is 0 Å². The molecule has 8 nitrogen and oxygen atoms in total. The third kappa shape index (κ3) is 5.72. The van der Waals surface area contributed by atoms with Gasteiger partial charge in [0.15, 0.2) is 5.82 Å². The van der Waals surface area contributed by atoms with Gasteiger partial charge in [-0.15, -0.1) is 12.4 Å². The highest BCUT2D eigenvalue weighted by atomic mass is 35.5. The van der Waals surface area contributed by atoms with E-state index in [1.54, 1.807) is 11.9 Å². The van der Waals surface area contributed by atoms with Crippen LogP contribution in [-0.2, 0) is 17.8 Å². The maximum Gasteiger partial charge on any atom is 0.317 e. The van der Waals surface area contributed by atoms with Crippen LogP contribution < -0.4 is 0 Å². The SMILES string of the molecule is CCCCc1noc(CN2CC(N(C)CC(=O)O)[C@H](O)C2)n1.Cl. The second kappa shape index (κ2) is 9.17. The van der Waals surface area contributed by atoms with Crippen LogP contribution in [0.4, 0.5) is 0 Å². The second-order valence-corrected chi connectivity index (χ2v) is 5.85. The Labute approximate surface area is 141 Å². The van der Waals surface area contributed by atoms with Crippen molar-refractivity contribution in [3.63, 3.8) is 0 Å². The largest absolute Gasteiger partial charge is 0.480 e. The quantitative estimate of drug-likeness (QED) is 0.695. The van der Waals surface area contributed by atoms with Crippen LogP contribution in [0.5, 0.6) is 0 Å². The van der Waals surface area contributed by atoms with Crippen molar-refractivity contribution in [2.75, 3.05) is 26.7 Å². The summed E-state index contributed by atoms with van der Waals surface area (Å²) in [6.45, 7) is 3.56. The summed E-state index contributed by atoms with van der Waals surface area (Å²) in [7, 11) is 1.71. The van der Waals surface area contributed by atoms with E-state index in [9.17, 15) is 9.90 Å². The van der Waals surface area contributed by atoms with Crippen LogP contribution in [0.2, 0.25) is 0 Å². The van der Waals surface area contributed by atoms with Gasteiger partial charge in [0, 0.05) is 25.6 Å². The van der Waals surface area contributed by atoms with Crippen LogP contribution >= 0.6 is 12.4 Å². The molecule has 1 fully saturated rings. The fraction of sp³-hybridized carbons (Fsp3) is 0.786. The number of carboxylic acids is 1. The number of likely N-dealkylation sites (tertiary alicyclic amines) is 1. The highest BCUT2D eigenvalue weighted by Gasteiger charge is 2.35. The van der Waals surface area contributed by atoms with E-state index in [-0.39, 0.29) is 25.0 Å². The van der Waals surface area contributed by atoms with Gasteiger partial charge < -0.3 is 14.7 Å². The third-order valence-electron chi connectivity index (χ3n) is 3.91.